The fourth-order valence-electron chi connectivity index (χ4n) is 4.60. The highest BCUT2D eigenvalue weighted by Crippen LogP contribution is 2.29. The van der Waals surface area contributed by atoms with Crippen molar-refractivity contribution in [3.05, 3.63) is 98.7 Å². The van der Waals surface area contributed by atoms with Gasteiger partial charge in [-0.05, 0) is 54.3 Å². The van der Waals surface area contributed by atoms with Crippen LogP contribution in [0.5, 0.6) is 0 Å². The number of hydrogen-bond donors (Lipinski definition) is 0. The Kier molecular flexibility index (Phi) is 8.45. The smallest absolute Gasteiger partial charge is 0.264 e. The first-order chi connectivity index (χ1) is 18.9. The molecule has 0 radical (unpaired) electrons. The predicted molar refractivity (Wildman–Crippen MR) is 156 cm³/mol. The Morgan fingerprint density at radius 2 is 1.72 bits per heavy atom. The van der Waals surface area contributed by atoms with E-state index in [0.29, 0.717) is 46.8 Å². The predicted octanol–water partition coefficient (Wildman–Crippen LogP) is 6.06. The van der Waals surface area contributed by atoms with Crippen LogP contribution in [0.2, 0.25) is 10.0 Å². The van der Waals surface area contributed by atoms with Gasteiger partial charge in [0.2, 0.25) is 5.91 Å². The summed E-state index contributed by atoms with van der Waals surface area (Å²) in [4.78, 5) is 33.0. The van der Waals surface area contributed by atoms with Crippen molar-refractivity contribution >= 4 is 52.2 Å². The van der Waals surface area contributed by atoms with E-state index in [1.807, 2.05) is 71.8 Å². The topological polar surface area (TPSA) is 69.6 Å². The number of carbonyl (C=O) groups is 2. The molecule has 1 saturated heterocycles. The summed E-state index contributed by atoms with van der Waals surface area (Å²) in [6.07, 6.45) is 0. The molecular formula is C29H27Cl2N5O2S. The number of rotatable bonds is 7. The number of amides is 2. The average Bonchev–Trinajstić information content (AvgIpc) is 3.51. The van der Waals surface area contributed by atoms with E-state index in [1.54, 1.807) is 23.1 Å². The fraction of sp³-hybridized carbons (Fsp3) is 0.241. The molecule has 1 unspecified atom stereocenters. The molecule has 0 spiro atoms. The SMILES string of the molecule is CC(c1ccccc1)N(CC(=O)N1CCN(c2ccc(-c3ccc(Cl)cc3Cl)nn2)CC1)C(=O)c1cccs1. The lowest BCUT2D eigenvalue weighted by molar-refractivity contribution is -0.132. The highest BCUT2D eigenvalue weighted by molar-refractivity contribution is 7.12. The second-order valence-electron chi connectivity index (χ2n) is 9.27. The summed E-state index contributed by atoms with van der Waals surface area (Å²) in [6, 6.07) is 22.3. The molecular weight excluding hydrogens is 553 g/mol. The van der Waals surface area contributed by atoms with Gasteiger partial charge in [-0.2, -0.15) is 0 Å². The first kappa shape index (κ1) is 27.1. The quantitative estimate of drug-likeness (QED) is 0.266. The Balaban J connectivity index is 1.23. The number of halogens is 2. The molecule has 2 aromatic carbocycles. The normalized spacial score (nSPS) is 14.2. The zero-order chi connectivity index (χ0) is 27.4. The molecule has 5 rings (SSSR count). The number of piperazine rings is 1. The molecule has 7 nitrogen and oxygen atoms in total. The van der Waals surface area contributed by atoms with Gasteiger partial charge in [-0.25, -0.2) is 0 Å². The van der Waals surface area contributed by atoms with Crippen LogP contribution in [0.25, 0.3) is 11.3 Å². The van der Waals surface area contributed by atoms with Crippen LogP contribution in [0.15, 0.2) is 78.2 Å². The lowest BCUT2D eigenvalue weighted by Gasteiger charge is -2.37. The van der Waals surface area contributed by atoms with Crippen molar-refractivity contribution in [1.82, 2.24) is 20.0 Å². The maximum absolute atomic E-state index is 13.4. The highest BCUT2D eigenvalue weighted by atomic mass is 35.5. The maximum atomic E-state index is 13.4. The van der Waals surface area contributed by atoms with E-state index in [9.17, 15) is 9.59 Å². The minimum atomic E-state index is -0.242. The Morgan fingerprint density at radius 3 is 2.36 bits per heavy atom. The second-order valence-corrected chi connectivity index (χ2v) is 11.1. The molecule has 0 bridgehead atoms. The van der Waals surface area contributed by atoms with Crippen LogP contribution in [0.4, 0.5) is 5.82 Å². The third-order valence-electron chi connectivity index (χ3n) is 6.86. The molecule has 1 aliphatic rings. The standard InChI is InChI=1S/C29H27Cl2N5O2S/c1-20(21-6-3-2-4-7-21)36(29(38)26-8-5-17-39-26)19-28(37)35-15-13-34(14-16-35)27-12-11-25(32-33-27)23-10-9-22(30)18-24(23)31/h2-12,17-18,20H,13-16,19H2,1H3. The molecule has 1 fully saturated rings. The van der Waals surface area contributed by atoms with Crippen molar-refractivity contribution in [2.24, 2.45) is 0 Å². The molecule has 2 amide bonds. The number of thiophene rings is 1. The zero-order valence-corrected chi connectivity index (χ0v) is 23.7. The summed E-state index contributed by atoms with van der Waals surface area (Å²) in [5.41, 5.74) is 2.42. The van der Waals surface area contributed by atoms with Crippen molar-refractivity contribution in [2.45, 2.75) is 13.0 Å². The lowest BCUT2D eigenvalue weighted by atomic mass is 10.1. The van der Waals surface area contributed by atoms with Gasteiger partial charge in [0, 0.05) is 36.8 Å². The number of aromatic nitrogens is 2. The summed E-state index contributed by atoms with van der Waals surface area (Å²) in [7, 11) is 0. The van der Waals surface area contributed by atoms with Gasteiger partial charge in [-0.3, -0.25) is 9.59 Å². The van der Waals surface area contributed by atoms with E-state index in [1.165, 1.54) is 11.3 Å². The number of hydrogen-bond acceptors (Lipinski definition) is 6. The first-order valence-corrected chi connectivity index (χ1v) is 14.3. The van der Waals surface area contributed by atoms with Crippen LogP contribution < -0.4 is 4.90 Å². The van der Waals surface area contributed by atoms with Crippen molar-refractivity contribution in [3.63, 3.8) is 0 Å². The number of nitrogens with zero attached hydrogens (tertiary/aromatic N) is 5. The van der Waals surface area contributed by atoms with Crippen molar-refractivity contribution in [3.8, 4) is 11.3 Å². The molecule has 0 saturated carbocycles. The zero-order valence-electron chi connectivity index (χ0n) is 21.3. The molecule has 10 heteroatoms. The third-order valence-corrected chi connectivity index (χ3v) is 8.27. The van der Waals surface area contributed by atoms with Gasteiger partial charge in [0.15, 0.2) is 5.82 Å². The summed E-state index contributed by atoms with van der Waals surface area (Å²) >= 11 is 13.7. The molecule has 0 aliphatic carbocycles. The van der Waals surface area contributed by atoms with Gasteiger partial charge < -0.3 is 14.7 Å². The minimum Gasteiger partial charge on any atom is -0.352 e. The van der Waals surface area contributed by atoms with E-state index < -0.39 is 0 Å². The van der Waals surface area contributed by atoms with Crippen LogP contribution >= 0.6 is 34.5 Å². The molecule has 39 heavy (non-hydrogen) atoms. The number of carbonyl (C=O) groups excluding carboxylic acids is 2. The molecule has 2 aromatic heterocycles. The van der Waals surface area contributed by atoms with Gasteiger partial charge in [-0.15, -0.1) is 21.5 Å². The van der Waals surface area contributed by atoms with E-state index >= 15 is 0 Å². The minimum absolute atomic E-state index is 0.0170. The average molecular weight is 581 g/mol. The Morgan fingerprint density at radius 1 is 0.949 bits per heavy atom. The maximum Gasteiger partial charge on any atom is 0.264 e. The molecule has 0 N–H and O–H groups in total. The van der Waals surface area contributed by atoms with Gasteiger partial charge >= 0.3 is 0 Å². The summed E-state index contributed by atoms with van der Waals surface area (Å²) < 4.78 is 0. The Bertz CT molecular complexity index is 1430. The van der Waals surface area contributed by atoms with E-state index in [2.05, 4.69) is 15.1 Å². The summed E-state index contributed by atoms with van der Waals surface area (Å²) in [5.74, 6) is 0.536. The van der Waals surface area contributed by atoms with Crippen molar-refractivity contribution < 1.29 is 9.59 Å². The van der Waals surface area contributed by atoms with Gasteiger partial charge in [0.05, 0.1) is 21.6 Å². The number of benzene rings is 2. The summed E-state index contributed by atoms with van der Waals surface area (Å²) in [6.45, 7) is 4.29. The van der Waals surface area contributed by atoms with Gasteiger partial charge in [0.1, 0.15) is 6.54 Å². The monoisotopic (exact) mass is 579 g/mol. The van der Waals surface area contributed by atoms with Crippen LogP contribution in [0.3, 0.4) is 0 Å². The van der Waals surface area contributed by atoms with Crippen LogP contribution in [0.1, 0.15) is 28.2 Å². The molecule has 4 aromatic rings. The number of anilines is 1. The fourth-order valence-corrected chi connectivity index (χ4v) is 5.79. The largest absolute Gasteiger partial charge is 0.352 e. The molecule has 3 heterocycles. The van der Waals surface area contributed by atoms with Crippen molar-refractivity contribution in [1.29, 1.82) is 0 Å². The second kappa shape index (κ2) is 12.2. The summed E-state index contributed by atoms with van der Waals surface area (Å²) in [5, 5.41) is 11.7. The van der Waals surface area contributed by atoms with Gasteiger partial charge in [-0.1, -0.05) is 59.6 Å². The van der Waals surface area contributed by atoms with Crippen LogP contribution in [-0.4, -0.2) is 64.5 Å². The van der Waals surface area contributed by atoms with Crippen LogP contribution in [-0.2, 0) is 4.79 Å². The van der Waals surface area contributed by atoms with Crippen LogP contribution in [0, 0.1) is 0 Å². The Hall–Kier alpha value is -3.46. The van der Waals surface area contributed by atoms with Crippen molar-refractivity contribution in [2.75, 3.05) is 37.6 Å². The van der Waals surface area contributed by atoms with E-state index in [4.69, 9.17) is 23.2 Å². The van der Waals surface area contributed by atoms with E-state index in [0.717, 1.165) is 16.9 Å². The molecule has 200 valence electrons. The van der Waals surface area contributed by atoms with Gasteiger partial charge in [0.25, 0.3) is 5.91 Å². The Labute approximate surface area is 241 Å². The third kappa shape index (κ3) is 6.24. The lowest BCUT2D eigenvalue weighted by Crippen LogP contribution is -2.52. The molecule has 1 atom stereocenters. The molecule has 1 aliphatic heterocycles. The van der Waals surface area contributed by atoms with E-state index in [-0.39, 0.29) is 24.4 Å². The first-order valence-electron chi connectivity index (χ1n) is 12.6. The highest BCUT2D eigenvalue weighted by Gasteiger charge is 2.29.